The molecule has 0 bridgehead atoms. The average Bonchev–Trinajstić information content (AvgIpc) is 2.14. The summed E-state index contributed by atoms with van der Waals surface area (Å²) in [6.07, 6.45) is 4.06. The SMILES string of the molecule is CC[C@@H]1CC[C@@H](C)N1. The van der Waals surface area contributed by atoms with E-state index in [1.165, 1.54) is 19.3 Å². The second kappa shape index (κ2) is 2.49. The van der Waals surface area contributed by atoms with Crippen molar-refractivity contribution in [3.63, 3.8) is 0 Å². The summed E-state index contributed by atoms with van der Waals surface area (Å²) in [4.78, 5) is 0. The Balaban J connectivity index is 2.22. The second-order valence-electron chi connectivity index (χ2n) is 2.75. The Morgan fingerprint density at radius 2 is 2.25 bits per heavy atom. The van der Waals surface area contributed by atoms with Crippen molar-refractivity contribution in [1.29, 1.82) is 0 Å². The molecule has 1 nitrogen and oxygen atoms in total. The fourth-order valence-electron chi connectivity index (χ4n) is 1.34. The molecule has 0 spiro atoms. The molecule has 1 aliphatic rings. The first-order chi connectivity index (χ1) is 3.83. The zero-order valence-corrected chi connectivity index (χ0v) is 5.78. The molecule has 0 unspecified atom stereocenters. The monoisotopic (exact) mass is 113 g/mol. The van der Waals surface area contributed by atoms with Crippen LogP contribution in [0.1, 0.15) is 33.1 Å². The lowest BCUT2D eigenvalue weighted by Crippen LogP contribution is -2.25. The molecule has 2 atom stereocenters. The minimum Gasteiger partial charge on any atom is -0.312 e. The molecule has 0 aliphatic carbocycles. The maximum absolute atomic E-state index is 3.50. The smallest absolute Gasteiger partial charge is 0.00674 e. The normalized spacial score (nSPS) is 38.2. The second-order valence-corrected chi connectivity index (χ2v) is 2.75. The molecule has 1 rings (SSSR count). The van der Waals surface area contributed by atoms with Crippen LogP contribution in [0.25, 0.3) is 0 Å². The molecular weight excluding hydrogens is 98.1 g/mol. The van der Waals surface area contributed by atoms with Crippen LogP contribution < -0.4 is 5.32 Å². The van der Waals surface area contributed by atoms with Crippen LogP contribution in [0.2, 0.25) is 0 Å². The van der Waals surface area contributed by atoms with Gasteiger partial charge in [-0.2, -0.15) is 0 Å². The first-order valence-electron chi connectivity index (χ1n) is 3.59. The van der Waals surface area contributed by atoms with Crippen LogP contribution >= 0.6 is 0 Å². The third-order valence-corrected chi connectivity index (χ3v) is 1.96. The van der Waals surface area contributed by atoms with Crippen LogP contribution in [0.5, 0.6) is 0 Å². The summed E-state index contributed by atoms with van der Waals surface area (Å²) in [5.74, 6) is 0. The molecule has 8 heavy (non-hydrogen) atoms. The van der Waals surface area contributed by atoms with Crippen LogP contribution in [-0.2, 0) is 0 Å². The molecule has 1 fully saturated rings. The van der Waals surface area contributed by atoms with Crippen molar-refractivity contribution >= 4 is 0 Å². The highest BCUT2D eigenvalue weighted by atomic mass is 15.0. The third-order valence-electron chi connectivity index (χ3n) is 1.96. The van der Waals surface area contributed by atoms with Crippen molar-refractivity contribution < 1.29 is 0 Å². The molecule has 1 saturated heterocycles. The summed E-state index contributed by atoms with van der Waals surface area (Å²) < 4.78 is 0. The molecule has 0 saturated carbocycles. The predicted octanol–water partition coefficient (Wildman–Crippen LogP) is 1.54. The third kappa shape index (κ3) is 1.22. The minimum atomic E-state index is 0.778. The van der Waals surface area contributed by atoms with Crippen LogP contribution in [0, 0.1) is 0 Å². The van der Waals surface area contributed by atoms with Crippen molar-refractivity contribution in [2.24, 2.45) is 0 Å². The summed E-state index contributed by atoms with van der Waals surface area (Å²) >= 11 is 0. The van der Waals surface area contributed by atoms with E-state index in [-0.39, 0.29) is 0 Å². The fraction of sp³-hybridized carbons (Fsp3) is 1.00. The molecular formula is C7H15N. The number of rotatable bonds is 1. The Morgan fingerprint density at radius 1 is 1.50 bits per heavy atom. The van der Waals surface area contributed by atoms with E-state index in [4.69, 9.17) is 0 Å². The van der Waals surface area contributed by atoms with Gasteiger partial charge in [0, 0.05) is 12.1 Å². The van der Waals surface area contributed by atoms with Crippen molar-refractivity contribution in [2.75, 3.05) is 0 Å². The molecule has 48 valence electrons. The lowest BCUT2D eigenvalue weighted by Gasteiger charge is -2.06. The van der Waals surface area contributed by atoms with Gasteiger partial charge in [0.1, 0.15) is 0 Å². The van der Waals surface area contributed by atoms with Crippen molar-refractivity contribution in [2.45, 2.75) is 45.2 Å². The molecule has 0 radical (unpaired) electrons. The average molecular weight is 113 g/mol. The van der Waals surface area contributed by atoms with Gasteiger partial charge < -0.3 is 5.32 Å². The molecule has 0 aromatic carbocycles. The Bertz CT molecular complexity index is 70.8. The number of nitrogens with one attached hydrogen (secondary N) is 1. The topological polar surface area (TPSA) is 12.0 Å². The molecule has 1 N–H and O–H groups in total. The molecule has 0 amide bonds. The Morgan fingerprint density at radius 3 is 2.50 bits per heavy atom. The van der Waals surface area contributed by atoms with Gasteiger partial charge in [0.15, 0.2) is 0 Å². The van der Waals surface area contributed by atoms with E-state index in [0.717, 1.165) is 12.1 Å². The van der Waals surface area contributed by atoms with Crippen LogP contribution in [-0.4, -0.2) is 12.1 Å². The van der Waals surface area contributed by atoms with Gasteiger partial charge in [0.05, 0.1) is 0 Å². The molecule has 1 heterocycles. The minimum absolute atomic E-state index is 0.778. The van der Waals surface area contributed by atoms with Gasteiger partial charge in [-0.1, -0.05) is 6.92 Å². The van der Waals surface area contributed by atoms with E-state index < -0.39 is 0 Å². The van der Waals surface area contributed by atoms with Gasteiger partial charge in [0.2, 0.25) is 0 Å². The maximum Gasteiger partial charge on any atom is 0.00674 e. The van der Waals surface area contributed by atoms with Gasteiger partial charge in [0.25, 0.3) is 0 Å². The van der Waals surface area contributed by atoms with Gasteiger partial charge in [-0.25, -0.2) is 0 Å². The summed E-state index contributed by atoms with van der Waals surface area (Å²) in [5.41, 5.74) is 0. The highest BCUT2D eigenvalue weighted by Crippen LogP contribution is 2.13. The van der Waals surface area contributed by atoms with E-state index >= 15 is 0 Å². The van der Waals surface area contributed by atoms with E-state index in [1.54, 1.807) is 0 Å². The van der Waals surface area contributed by atoms with E-state index in [1.807, 2.05) is 0 Å². The lowest BCUT2D eigenvalue weighted by molar-refractivity contribution is 0.548. The summed E-state index contributed by atoms with van der Waals surface area (Å²) in [5, 5.41) is 3.50. The predicted molar refractivity (Wildman–Crippen MR) is 35.9 cm³/mol. The summed E-state index contributed by atoms with van der Waals surface area (Å²) in [7, 11) is 0. The zero-order chi connectivity index (χ0) is 5.98. The highest BCUT2D eigenvalue weighted by molar-refractivity contribution is 4.78. The largest absolute Gasteiger partial charge is 0.312 e. The van der Waals surface area contributed by atoms with E-state index in [2.05, 4.69) is 19.2 Å². The van der Waals surface area contributed by atoms with Crippen LogP contribution in [0.4, 0.5) is 0 Å². The standard InChI is InChI=1S/C7H15N/c1-3-7-5-4-6(2)8-7/h6-8H,3-5H2,1-2H3/t6-,7-/m1/s1. The van der Waals surface area contributed by atoms with Crippen LogP contribution in [0.3, 0.4) is 0 Å². The Hall–Kier alpha value is -0.0400. The first kappa shape index (κ1) is 6.09. The molecule has 0 aromatic rings. The maximum atomic E-state index is 3.50. The van der Waals surface area contributed by atoms with Gasteiger partial charge in [-0.3, -0.25) is 0 Å². The van der Waals surface area contributed by atoms with Gasteiger partial charge in [-0.15, -0.1) is 0 Å². The summed E-state index contributed by atoms with van der Waals surface area (Å²) in [6.45, 7) is 4.51. The van der Waals surface area contributed by atoms with Gasteiger partial charge in [-0.05, 0) is 26.2 Å². The Labute approximate surface area is 51.5 Å². The van der Waals surface area contributed by atoms with E-state index in [9.17, 15) is 0 Å². The quantitative estimate of drug-likeness (QED) is 0.544. The van der Waals surface area contributed by atoms with E-state index in [0.29, 0.717) is 0 Å². The summed E-state index contributed by atoms with van der Waals surface area (Å²) in [6, 6.07) is 1.60. The zero-order valence-electron chi connectivity index (χ0n) is 5.78. The fourth-order valence-corrected chi connectivity index (χ4v) is 1.34. The first-order valence-corrected chi connectivity index (χ1v) is 3.59. The number of hydrogen-bond acceptors (Lipinski definition) is 1. The lowest BCUT2D eigenvalue weighted by atomic mass is 10.2. The molecule has 1 heteroatoms. The van der Waals surface area contributed by atoms with Crippen molar-refractivity contribution in [1.82, 2.24) is 5.32 Å². The molecule has 0 aromatic heterocycles. The van der Waals surface area contributed by atoms with Crippen LogP contribution in [0.15, 0.2) is 0 Å². The number of hydrogen-bond donors (Lipinski definition) is 1. The van der Waals surface area contributed by atoms with Crippen molar-refractivity contribution in [3.8, 4) is 0 Å². The highest BCUT2D eigenvalue weighted by Gasteiger charge is 2.17. The molecule has 1 aliphatic heterocycles. The van der Waals surface area contributed by atoms with Crippen molar-refractivity contribution in [3.05, 3.63) is 0 Å². The van der Waals surface area contributed by atoms with Gasteiger partial charge >= 0.3 is 0 Å². The Kier molecular flexibility index (Phi) is 1.90.